The van der Waals surface area contributed by atoms with Crippen LogP contribution < -0.4 is 10.6 Å². The van der Waals surface area contributed by atoms with Crippen LogP contribution in [-0.2, 0) is 10.2 Å². The first-order valence-electron chi connectivity index (χ1n) is 6.96. The van der Waals surface area contributed by atoms with Crippen molar-refractivity contribution in [3.63, 3.8) is 0 Å². The van der Waals surface area contributed by atoms with Gasteiger partial charge in [-0.2, -0.15) is 0 Å². The van der Waals surface area contributed by atoms with Gasteiger partial charge in [0, 0.05) is 12.6 Å². The Morgan fingerprint density at radius 3 is 2.38 bits per heavy atom. The molecule has 0 saturated heterocycles. The van der Waals surface area contributed by atoms with Crippen LogP contribution in [-0.4, -0.2) is 10.9 Å². The van der Waals surface area contributed by atoms with Gasteiger partial charge in [-0.15, -0.1) is 0 Å². The third-order valence-corrected chi connectivity index (χ3v) is 3.08. The van der Waals surface area contributed by atoms with Gasteiger partial charge in [0.25, 0.3) is 0 Å². The van der Waals surface area contributed by atoms with Crippen LogP contribution in [0.5, 0.6) is 0 Å². The third kappa shape index (κ3) is 4.05. The Kier molecular flexibility index (Phi) is 4.26. The van der Waals surface area contributed by atoms with E-state index in [0.29, 0.717) is 5.82 Å². The van der Waals surface area contributed by atoms with Crippen molar-refractivity contribution in [1.82, 2.24) is 4.98 Å². The lowest BCUT2D eigenvalue weighted by Crippen LogP contribution is -2.13. The van der Waals surface area contributed by atoms with Crippen molar-refractivity contribution in [3.05, 3.63) is 48.2 Å². The summed E-state index contributed by atoms with van der Waals surface area (Å²) in [6, 6.07) is 11.9. The van der Waals surface area contributed by atoms with E-state index in [1.54, 1.807) is 12.3 Å². The highest BCUT2D eigenvalue weighted by atomic mass is 16.1. The summed E-state index contributed by atoms with van der Waals surface area (Å²) in [6.45, 7) is 8.02. The fourth-order valence-corrected chi connectivity index (χ4v) is 2.12. The number of carbonyl (C=O) groups excluding carboxylic acids is 1. The van der Waals surface area contributed by atoms with Crippen LogP contribution in [0.3, 0.4) is 0 Å². The number of rotatable bonds is 3. The Bertz CT molecular complexity index is 627. The van der Waals surface area contributed by atoms with E-state index >= 15 is 0 Å². The fourth-order valence-electron chi connectivity index (χ4n) is 2.12. The van der Waals surface area contributed by atoms with E-state index in [4.69, 9.17) is 0 Å². The second-order valence-corrected chi connectivity index (χ2v) is 6.03. The van der Waals surface area contributed by atoms with Crippen LogP contribution in [0.1, 0.15) is 33.3 Å². The van der Waals surface area contributed by atoms with Crippen molar-refractivity contribution in [2.75, 3.05) is 10.6 Å². The monoisotopic (exact) mass is 283 g/mol. The molecule has 110 valence electrons. The van der Waals surface area contributed by atoms with E-state index < -0.39 is 0 Å². The van der Waals surface area contributed by atoms with Gasteiger partial charge in [0.2, 0.25) is 5.91 Å². The van der Waals surface area contributed by atoms with E-state index in [0.717, 1.165) is 11.4 Å². The van der Waals surface area contributed by atoms with E-state index in [2.05, 4.69) is 48.5 Å². The number of nitrogens with zero attached hydrogens (tertiary/aromatic N) is 1. The number of pyridine rings is 1. The number of anilines is 3. The van der Waals surface area contributed by atoms with Crippen molar-refractivity contribution >= 4 is 23.1 Å². The Morgan fingerprint density at radius 2 is 1.81 bits per heavy atom. The minimum atomic E-state index is -0.124. The van der Waals surface area contributed by atoms with Crippen molar-refractivity contribution in [2.45, 2.75) is 33.1 Å². The molecule has 0 bridgehead atoms. The first-order valence-corrected chi connectivity index (χ1v) is 6.96. The van der Waals surface area contributed by atoms with E-state index in [1.807, 2.05) is 18.2 Å². The van der Waals surface area contributed by atoms with Gasteiger partial charge in [-0.25, -0.2) is 4.98 Å². The molecule has 0 atom stereocenters. The summed E-state index contributed by atoms with van der Waals surface area (Å²) in [7, 11) is 0. The highest BCUT2D eigenvalue weighted by Gasteiger charge is 2.17. The molecule has 2 rings (SSSR count). The molecule has 21 heavy (non-hydrogen) atoms. The second kappa shape index (κ2) is 5.95. The highest BCUT2D eigenvalue weighted by Crippen LogP contribution is 2.31. The molecular weight excluding hydrogens is 262 g/mol. The number of carbonyl (C=O) groups is 1. The zero-order valence-electron chi connectivity index (χ0n) is 12.9. The van der Waals surface area contributed by atoms with Crippen LogP contribution in [0.25, 0.3) is 0 Å². The number of para-hydroxylation sites is 1. The normalized spacial score (nSPS) is 11.0. The Morgan fingerprint density at radius 1 is 1.10 bits per heavy atom. The maximum absolute atomic E-state index is 11.0. The molecule has 0 saturated carbocycles. The van der Waals surface area contributed by atoms with Gasteiger partial charge in [-0.05, 0) is 29.2 Å². The molecule has 0 unspecified atom stereocenters. The molecule has 4 heteroatoms. The van der Waals surface area contributed by atoms with Crippen LogP contribution in [0.15, 0.2) is 42.6 Å². The number of hydrogen-bond donors (Lipinski definition) is 2. The highest BCUT2D eigenvalue weighted by molar-refractivity contribution is 5.87. The average molecular weight is 283 g/mol. The number of benzene rings is 1. The lowest BCUT2D eigenvalue weighted by molar-refractivity contribution is -0.114. The molecule has 0 aliphatic heterocycles. The summed E-state index contributed by atoms with van der Waals surface area (Å²) in [5.74, 6) is 0.429. The molecule has 0 aliphatic carbocycles. The molecule has 0 fully saturated rings. The quantitative estimate of drug-likeness (QED) is 0.892. The van der Waals surface area contributed by atoms with Crippen molar-refractivity contribution in [2.24, 2.45) is 0 Å². The van der Waals surface area contributed by atoms with E-state index in [9.17, 15) is 4.79 Å². The summed E-state index contributed by atoms with van der Waals surface area (Å²) >= 11 is 0. The SMILES string of the molecule is CC(=O)Nc1ccc(Nc2ccccc2C(C)(C)C)cn1. The maximum Gasteiger partial charge on any atom is 0.222 e. The molecule has 0 aliphatic rings. The first-order chi connectivity index (χ1) is 9.86. The summed E-state index contributed by atoms with van der Waals surface area (Å²) in [5, 5.41) is 6.04. The second-order valence-electron chi connectivity index (χ2n) is 6.03. The van der Waals surface area contributed by atoms with Crippen molar-refractivity contribution in [3.8, 4) is 0 Å². The largest absolute Gasteiger partial charge is 0.354 e. The Labute approximate surface area is 125 Å². The molecule has 1 aromatic heterocycles. The molecule has 1 aromatic carbocycles. The van der Waals surface area contributed by atoms with Crippen LogP contribution in [0.2, 0.25) is 0 Å². The lowest BCUT2D eigenvalue weighted by atomic mass is 9.86. The average Bonchev–Trinajstić information content (AvgIpc) is 2.40. The van der Waals surface area contributed by atoms with Crippen molar-refractivity contribution in [1.29, 1.82) is 0 Å². The van der Waals surface area contributed by atoms with Gasteiger partial charge in [0.1, 0.15) is 5.82 Å². The molecule has 1 amide bonds. The van der Waals surface area contributed by atoms with Gasteiger partial charge in [0.05, 0.1) is 11.9 Å². The molecule has 0 radical (unpaired) electrons. The smallest absolute Gasteiger partial charge is 0.222 e. The summed E-state index contributed by atoms with van der Waals surface area (Å²) in [6.07, 6.45) is 1.71. The fraction of sp³-hybridized carbons (Fsp3) is 0.294. The summed E-state index contributed by atoms with van der Waals surface area (Å²) in [4.78, 5) is 15.2. The standard InChI is InChI=1S/C17H21N3O/c1-12(21)19-16-10-9-13(11-18-16)20-15-8-6-5-7-14(15)17(2,3)4/h5-11,20H,1-4H3,(H,18,19,21). The number of hydrogen-bond acceptors (Lipinski definition) is 3. The number of aromatic nitrogens is 1. The Balaban J connectivity index is 2.21. The topological polar surface area (TPSA) is 54.0 Å². The minimum Gasteiger partial charge on any atom is -0.354 e. The molecule has 4 nitrogen and oxygen atoms in total. The zero-order chi connectivity index (χ0) is 15.5. The maximum atomic E-state index is 11.0. The van der Waals surface area contributed by atoms with Gasteiger partial charge < -0.3 is 10.6 Å². The van der Waals surface area contributed by atoms with E-state index in [1.165, 1.54) is 12.5 Å². The van der Waals surface area contributed by atoms with Gasteiger partial charge >= 0.3 is 0 Å². The summed E-state index contributed by atoms with van der Waals surface area (Å²) < 4.78 is 0. The Hall–Kier alpha value is -2.36. The molecule has 0 spiro atoms. The third-order valence-electron chi connectivity index (χ3n) is 3.08. The predicted molar refractivity (Wildman–Crippen MR) is 87.0 cm³/mol. The minimum absolute atomic E-state index is 0.0626. The number of amides is 1. The molecule has 1 heterocycles. The van der Waals surface area contributed by atoms with Crippen LogP contribution >= 0.6 is 0 Å². The lowest BCUT2D eigenvalue weighted by Gasteiger charge is -2.23. The zero-order valence-corrected chi connectivity index (χ0v) is 12.9. The van der Waals surface area contributed by atoms with E-state index in [-0.39, 0.29) is 11.3 Å². The van der Waals surface area contributed by atoms with Crippen LogP contribution in [0, 0.1) is 0 Å². The molecule has 2 aromatic rings. The number of nitrogens with one attached hydrogen (secondary N) is 2. The molecular formula is C17H21N3O. The van der Waals surface area contributed by atoms with Gasteiger partial charge in [-0.3, -0.25) is 4.79 Å². The van der Waals surface area contributed by atoms with Gasteiger partial charge in [0.15, 0.2) is 0 Å². The predicted octanol–water partition coefficient (Wildman–Crippen LogP) is 4.08. The van der Waals surface area contributed by atoms with Crippen molar-refractivity contribution < 1.29 is 4.79 Å². The van der Waals surface area contributed by atoms with Crippen LogP contribution in [0.4, 0.5) is 17.2 Å². The van der Waals surface area contributed by atoms with Gasteiger partial charge in [-0.1, -0.05) is 39.0 Å². The molecule has 2 N–H and O–H groups in total. The summed E-state index contributed by atoms with van der Waals surface area (Å²) in [5.41, 5.74) is 3.27. The first kappa shape index (κ1) is 15.0.